The molecule has 0 saturated heterocycles. The molecule has 0 fully saturated rings. The van der Waals surface area contributed by atoms with Crippen LogP contribution in [0.3, 0.4) is 0 Å². The lowest BCUT2D eigenvalue weighted by Gasteiger charge is -2.06. The maximum absolute atomic E-state index is 10.5. The van der Waals surface area contributed by atoms with E-state index in [0.29, 0.717) is 6.42 Å². The summed E-state index contributed by atoms with van der Waals surface area (Å²) in [5, 5.41) is 14.5. The van der Waals surface area contributed by atoms with Crippen LogP contribution in [0.4, 0.5) is 10.8 Å². The topological polar surface area (TPSA) is 75.1 Å². The first-order valence-electron chi connectivity index (χ1n) is 5.92. The van der Waals surface area contributed by atoms with Crippen molar-refractivity contribution in [2.45, 2.75) is 26.7 Å². The van der Waals surface area contributed by atoms with Crippen LogP contribution >= 0.6 is 11.3 Å². The van der Waals surface area contributed by atoms with Crippen LogP contribution in [0.15, 0.2) is 17.5 Å². The average molecular weight is 277 g/mol. The summed E-state index contributed by atoms with van der Waals surface area (Å²) in [5.74, 6) is -0.805. The molecule has 100 valence electrons. The number of aliphatic carboxylic acids is 1. The monoisotopic (exact) mass is 277 g/mol. The van der Waals surface area contributed by atoms with Crippen LogP contribution in [0.25, 0.3) is 0 Å². The van der Waals surface area contributed by atoms with Gasteiger partial charge in [-0.1, -0.05) is 0 Å². The van der Waals surface area contributed by atoms with Crippen molar-refractivity contribution in [3.8, 4) is 0 Å². The van der Waals surface area contributed by atoms with E-state index in [2.05, 4.69) is 15.3 Å². The van der Waals surface area contributed by atoms with Gasteiger partial charge in [0.05, 0.1) is 23.5 Å². The summed E-state index contributed by atoms with van der Waals surface area (Å²) in [7, 11) is 0. The van der Waals surface area contributed by atoms with Crippen LogP contribution in [0.5, 0.6) is 0 Å². The van der Waals surface area contributed by atoms with Crippen molar-refractivity contribution < 1.29 is 9.90 Å². The van der Waals surface area contributed by atoms with Gasteiger partial charge < -0.3 is 10.4 Å². The highest BCUT2D eigenvalue weighted by atomic mass is 32.1. The van der Waals surface area contributed by atoms with Gasteiger partial charge in [-0.25, -0.2) is 4.98 Å². The molecule has 5 nitrogen and oxygen atoms in total. The van der Waals surface area contributed by atoms with E-state index >= 15 is 0 Å². The molecule has 0 radical (unpaired) electrons. The van der Waals surface area contributed by atoms with E-state index in [1.807, 2.05) is 31.4 Å². The van der Waals surface area contributed by atoms with Gasteiger partial charge in [0.15, 0.2) is 5.13 Å². The Morgan fingerprint density at radius 2 is 2.16 bits per heavy atom. The summed E-state index contributed by atoms with van der Waals surface area (Å²) < 4.78 is 0. The van der Waals surface area contributed by atoms with Gasteiger partial charge in [-0.3, -0.25) is 9.78 Å². The number of pyridine rings is 1. The van der Waals surface area contributed by atoms with Gasteiger partial charge in [-0.05, 0) is 26.0 Å². The Kier molecular flexibility index (Phi) is 4.11. The molecule has 0 unspecified atom stereocenters. The minimum Gasteiger partial charge on any atom is -0.481 e. The Balaban J connectivity index is 2.05. The molecule has 2 aromatic rings. The van der Waals surface area contributed by atoms with Crippen molar-refractivity contribution in [3.05, 3.63) is 34.6 Å². The summed E-state index contributed by atoms with van der Waals surface area (Å²) in [6.07, 6.45) is 0.562. The third-order valence-corrected chi connectivity index (χ3v) is 3.42. The Bertz CT molecular complexity index is 595. The highest BCUT2D eigenvalue weighted by molar-refractivity contribution is 7.13. The van der Waals surface area contributed by atoms with E-state index < -0.39 is 5.97 Å². The zero-order valence-corrected chi connectivity index (χ0v) is 11.6. The number of rotatable bonds is 5. The van der Waals surface area contributed by atoms with Crippen LogP contribution < -0.4 is 5.32 Å². The standard InChI is InChI=1S/C13H15N3O2S/c1-8-3-5-11(9(2)14-8)16-13-15-10(7-19-13)4-6-12(17)18/h3,5,7H,4,6H2,1-2H3,(H,15,16)(H,17,18). The fourth-order valence-corrected chi connectivity index (χ4v) is 2.41. The Morgan fingerprint density at radius 1 is 1.37 bits per heavy atom. The highest BCUT2D eigenvalue weighted by Crippen LogP contribution is 2.23. The minimum atomic E-state index is -0.805. The minimum absolute atomic E-state index is 0.105. The summed E-state index contributed by atoms with van der Waals surface area (Å²) in [6, 6.07) is 3.91. The normalized spacial score (nSPS) is 10.4. The number of nitrogens with zero attached hydrogens (tertiary/aromatic N) is 2. The first kappa shape index (κ1) is 13.5. The number of hydrogen-bond donors (Lipinski definition) is 2. The molecule has 2 aromatic heterocycles. The van der Waals surface area contributed by atoms with Crippen LogP contribution in [-0.4, -0.2) is 21.0 Å². The molecule has 2 rings (SSSR count). The quantitative estimate of drug-likeness (QED) is 0.879. The summed E-state index contributed by atoms with van der Waals surface area (Å²) >= 11 is 1.47. The van der Waals surface area contributed by atoms with Crippen molar-refractivity contribution >= 4 is 28.1 Å². The average Bonchev–Trinajstić information content (AvgIpc) is 2.78. The van der Waals surface area contributed by atoms with Crippen molar-refractivity contribution in [2.75, 3.05) is 5.32 Å². The van der Waals surface area contributed by atoms with Crippen molar-refractivity contribution in [3.63, 3.8) is 0 Å². The van der Waals surface area contributed by atoms with Gasteiger partial charge in [-0.15, -0.1) is 11.3 Å². The molecule has 2 N–H and O–H groups in total. The smallest absolute Gasteiger partial charge is 0.303 e. The molecule has 0 aromatic carbocycles. The third-order valence-electron chi connectivity index (χ3n) is 2.61. The second kappa shape index (κ2) is 5.79. The molecule has 6 heteroatoms. The van der Waals surface area contributed by atoms with Crippen LogP contribution in [-0.2, 0) is 11.2 Å². The van der Waals surface area contributed by atoms with E-state index in [-0.39, 0.29) is 6.42 Å². The van der Waals surface area contributed by atoms with E-state index in [4.69, 9.17) is 5.11 Å². The summed E-state index contributed by atoms with van der Waals surface area (Å²) in [6.45, 7) is 3.89. The van der Waals surface area contributed by atoms with Crippen molar-refractivity contribution in [1.82, 2.24) is 9.97 Å². The number of carboxylic acid groups (broad SMARTS) is 1. The molecule has 0 aliphatic rings. The number of aromatic nitrogens is 2. The zero-order valence-electron chi connectivity index (χ0n) is 10.8. The van der Waals surface area contributed by atoms with E-state index in [9.17, 15) is 4.79 Å². The molecule has 19 heavy (non-hydrogen) atoms. The summed E-state index contributed by atoms with van der Waals surface area (Å²) in [5.41, 5.74) is 3.61. The molecule has 0 saturated carbocycles. The van der Waals surface area contributed by atoms with E-state index in [1.54, 1.807) is 0 Å². The van der Waals surface area contributed by atoms with E-state index in [1.165, 1.54) is 11.3 Å². The lowest BCUT2D eigenvalue weighted by molar-refractivity contribution is -0.136. The third kappa shape index (κ3) is 3.75. The number of hydrogen-bond acceptors (Lipinski definition) is 5. The van der Waals surface area contributed by atoms with Gasteiger partial charge in [0, 0.05) is 17.5 Å². The maximum atomic E-state index is 10.5. The summed E-state index contributed by atoms with van der Waals surface area (Å²) in [4.78, 5) is 19.2. The second-order valence-electron chi connectivity index (χ2n) is 4.25. The molecule has 0 atom stereocenters. The number of carboxylic acids is 1. The Labute approximate surface area is 115 Å². The molecule has 0 aliphatic heterocycles. The Hall–Kier alpha value is -1.95. The molecule has 0 spiro atoms. The lowest BCUT2D eigenvalue weighted by atomic mass is 10.2. The lowest BCUT2D eigenvalue weighted by Crippen LogP contribution is -1.99. The molecule has 0 aliphatic carbocycles. The predicted molar refractivity (Wildman–Crippen MR) is 75.1 cm³/mol. The van der Waals surface area contributed by atoms with Gasteiger partial charge in [0.2, 0.25) is 0 Å². The number of nitrogens with one attached hydrogen (secondary N) is 1. The molecule has 2 heterocycles. The van der Waals surface area contributed by atoms with E-state index in [0.717, 1.165) is 27.9 Å². The first-order chi connectivity index (χ1) is 9.04. The zero-order chi connectivity index (χ0) is 13.8. The van der Waals surface area contributed by atoms with Crippen LogP contribution in [0.2, 0.25) is 0 Å². The number of carbonyl (C=O) groups is 1. The van der Waals surface area contributed by atoms with Crippen molar-refractivity contribution in [2.24, 2.45) is 0 Å². The maximum Gasteiger partial charge on any atom is 0.303 e. The Morgan fingerprint density at radius 3 is 2.84 bits per heavy atom. The highest BCUT2D eigenvalue weighted by Gasteiger charge is 2.06. The van der Waals surface area contributed by atoms with Crippen LogP contribution in [0, 0.1) is 13.8 Å². The largest absolute Gasteiger partial charge is 0.481 e. The molecule has 0 amide bonds. The molecular weight excluding hydrogens is 262 g/mol. The van der Waals surface area contributed by atoms with Gasteiger partial charge in [0.25, 0.3) is 0 Å². The van der Waals surface area contributed by atoms with Gasteiger partial charge in [-0.2, -0.15) is 0 Å². The van der Waals surface area contributed by atoms with Gasteiger partial charge >= 0.3 is 5.97 Å². The fraction of sp³-hybridized carbons (Fsp3) is 0.308. The first-order valence-corrected chi connectivity index (χ1v) is 6.80. The predicted octanol–water partition coefficient (Wildman–Crippen LogP) is 2.92. The number of anilines is 2. The number of aryl methyl sites for hydroxylation is 3. The molecular formula is C13H15N3O2S. The SMILES string of the molecule is Cc1ccc(Nc2nc(CCC(=O)O)cs2)c(C)n1. The van der Waals surface area contributed by atoms with Crippen molar-refractivity contribution in [1.29, 1.82) is 0 Å². The van der Waals surface area contributed by atoms with Gasteiger partial charge in [0.1, 0.15) is 0 Å². The second-order valence-corrected chi connectivity index (χ2v) is 5.11. The van der Waals surface area contributed by atoms with Crippen LogP contribution in [0.1, 0.15) is 23.5 Å². The number of thiazole rings is 1. The fourth-order valence-electron chi connectivity index (χ4n) is 1.65. The molecule has 0 bridgehead atoms.